The number of hydrogen-bond donors (Lipinski definition) is 1. The number of carbonyl (C=O) groups excluding carboxylic acids is 1. The molecule has 82 valence electrons. The summed E-state index contributed by atoms with van der Waals surface area (Å²) in [4.78, 5) is 16.7. The van der Waals surface area contributed by atoms with E-state index in [4.69, 9.17) is 9.57 Å². The van der Waals surface area contributed by atoms with Crippen molar-refractivity contribution in [1.29, 1.82) is 0 Å². The Kier molecular flexibility index (Phi) is 3.71. The smallest absolute Gasteiger partial charge is 0.434 e. The van der Waals surface area contributed by atoms with E-state index < -0.39 is 11.7 Å². The molecule has 14 heavy (non-hydrogen) atoms. The third kappa shape index (κ3) is 3.93. The number of amides is 1. The minimum atomic E-state index is -0.472. The molecule has 0 saturated carbocycles. The molecule has 1 saturated heterocycles. The second-order valence-electron chi connectivity index (χ2n) is 4.17. The van der Waals surface area contributed by atoms with Crippen LogP contribution < -0.4 is 5.32 Å². The quantitative estimate of drug-likeness (QED) is 0.630. The highest BCUT2D eigenvalue weighted by Gasteiger charge is 2.23. The van der Waals surface area contributed by atoms with Gasteiger partial charge in [0.15, 0.2) is 0 Å². The van der Waals surface area contributed by atoms with Gasteiger partial charge >= 0.3 is 6.09 Å². The predicted molar refractivity (Wildman–Crippen MR) is 51.8 cm³/mol. The fourth-order valence-electron chi connectivity index (χ4n) is 1.05. The highest BCUT2D eigenvalue weighted by atomic mass is 16.7. The Labute approximate surface area is 84.3 Å². The first-order valence-corrected chi connectivity index (χ1v) is 4.83. The SMILES string of the molecule is CC(C)(C)OC(=O)N1CCNCCO1. The molecule has 0 aromatic carbocycles. The average Bonchev–Trinajstić information content (AvgIpc) is 2.27. The Morgan fingerprint density at radius 1 is 1.43 bits per heavy atom. The molecule has 1 heterocycles. The number of nitrogens with one attached hydrogen (secondary N) is 1. The van der Waals surface area contributed by atoms with Crippen LogP contribution in [0.4, 0.5) is 4.79 Å². The van der Waals surface area contributed by atoms with Gasteiger partial charge in [-0.25, -0.2) is 4.79 Å². The van der Waals surface area contributed by atoms with E-state index in [1.165, 1.54) is 5.06 Å². The van der Waals surface area contributed by atoms with Crippen LogP contribution in [0, 0.1) is 0 Å². The Balaban J connectivity index is 2.42. The molecule has 0 radical (unpaired) electrons. The van der Waals surface area contributed by atoms with E-state index in [1.54, 1.807) is 0 Å². The van der Waals surface area contributed by atoms with Crippen LogP contribution in [0.15, 0.2) is 0 Å². The van der Waals surface area contributed by atoms with Gasteiger partial charge in [-0.3, -0.25) is 4.84 Å². The zero-order valence-corrected chi connectivity index (χ0v) is 9.00. The van der Waals surface area contributed by atoms with Crippen LogP contribution >= 0.6 is 0 Å². The Morgan fingerprint density at radius 3 is 2.79 bits per heavy atom. The highest BCUT2D eigenvalue weighted by Crippen LogP contribution is 2.10. The van der Waals surface area contributed by atoms with Gasteiger partial charge in [0.2, 0.25) is 0 Å². The summed E-state index contributed by atoms with van der Waals surface area (Å²) in [5.41, 5.74) is -0.472. The predicted octanol–water partition coefficient (Wildman–Crippen LogP) is 0.758. The van der Waals surface area contributed by atoms with Crippen molar-refractivity contribution in [1.82, 2.24) is 10.4 Å². The molecule has 1 aliphatic heterocycles. The molecule has 1 fully saturated rings. The van der Waals surface area contributed by atoms with Crippen LogP contribution in [-0.4, -0.2) is 43.0 Å². The van der Waals surface area contributed by atoms with E-state index in [1.807, 2.05) is 20.8 Å². The van der Waals surface area contributed by atoms with Gasteiger partial charge in [-0.1, -0.05) is 0 Å². The molecule has 0 bridgehead atoms. The lowest BCUT2D eigenvalue weighted by Crippen LogP contribution is -2.38. The van der Waals surface area contributed by atoms with Crippen molar-refractivity contribution in [3.05, 3.63) is 0 Å². The maximum absolute atomic E-state index is 11.5. The summed E-state index contributed by atoms with van der Waals surface area (Å²) in [5.74, 6) is 0. The molecule has 1 N–H and O–H groups in total. The third-order valence-corrected chi connectivity index (χ3v) is 1.61. The van der Waals surface area contributed by atoms with Crippen molar-refractivity contribution in [2.24, 2.45) is 0 Å². The van der Waals surface area contributed by atoms with Gasteiger partial charge in [0, 0.05) is 13.1 Å². The van der Waals surface area contributed by atoms with Gasteiger partial charge < -0.3 is 10.1 Å². The summed E-state index contributed by atoms with van der Waals surface area (Å²) < 4.78 is 5.17. The molecule has 0 aliphatic carbocycles. The average molecular weight is 202 g/mol. The molecule has 1 rings (SSSR count). The minimum absolute atomic E-state index is 0.416. The molecule has 1 aliphatic rings. The van der Waals surface area contributed by atoms with Crippen molar-refractivity contribution >= 4 is 6.09 Å². The standard InChI is InChI=1S/C9H18N2O3/c1-9(2,3)14-8(12)11-6-4-10-5-7-13-11/h10H,4-7H2,1-3H3. The van der Waals surface area contributed by atoms with Crippen LogP contribution in [-0.2, 0) is 9.57 Å². The summed E-state index contributed by atoms with van der Waals surface area (Å²) in [7, 11) is 0. The van der Waals surface area contributed by atoms with E-state index in [0.717, 1.165) is 13.1 Å². The van der Waals surface area contributed by atoms with Crippen LogP contribution in [0.25, 0.3) is 0 Å². The van der Waals surface area contributed by atoms with Crippen LogP contribution in [0.3, 0.4) is 0 Å². The molecule has 0 aromatic heterocycles. The van der Waals surface area contributed by atoms with E-state index in [-0.39, 0.29) is 0 Å². The lowest BCUT2D eigenvalue weighted by Gasteiger charge is -2.25. The molecule has 5 heteroatoms. The molecule has 0 aromatic rings. The Bertz CT molecular complexity index is 193. The second-order valence-corrected chi connectivity index (χ2v) is 4.17. The van der Waals surface area contributed by atoms with E-state index in [2.05, 4.69) is 5.32 Å². The second kappa shape index (κ2) is 4.61. The van der Waals surface area contributed by atoms with Crippen molar-refractivity contribution < 1.29 is 14.4 Å². The topological polar surface area (TPSA) is 50.8 Å². The summed E-state index contributed by atoms with van der Waals surface area (Å²) >= 11 is 0. The maximum atomic E-state index is 11.5. The lowest BCUT2D eigenvalue weighted by molar-refractivity contribution is -0.137. The lowest BCUT2D eigenvalue weighted by atomic mass is 10.2. The molecule has 0 unspecified atom stereocenters. The largest absolute Gasteiger partial charge is 0.442 e. The van der Waals surface area contributed by atoms with Gasteiger partial charge in [0.25, 0.3) is 0 Å². The number of hydroxylamine groups is 2. The van der Waals surface area contributed by atoms with Gasteiger partial charge in [0.1, 0.15) is 5.60 Å². The first-order valence-electron chi connectivity index (χ1n) is 4.83. The van der Waals surface area contributed by atoms with Crippen LogP contribution in [0.2, 0.25) is 0 Å². The van der Waals surface area contributed by atoms with Gasteiger partial charge in [-0.05, 0) is 20.8 Å². The zero-order valence-electron chi connectivity index (χ0n) is 9.00. The molecular formula is C9H18N2O3. The maximum Gasteiger partial charge on any atom is 0.434 e. The molecule has 1 amide bonds. The van der Waals surface area contributed by atoms with Crippen molar-refractivity contribution in [2.75, 3.05) is 26.2 Å². The monoisotopic (exact) mass is 202 g/mol. The summed E-state index contributed by atoms with van der Waals surface area (Å²) in [6.45, 7) is 8.02. The summed E-state index contributed by atoms with van der Waals surface area (Å²) in [6.07, 6.45) is -0.416. The molecular weight excluding hydrogens is 184 g/mol. The van der Waals surface area contributed by atoms with Crippen LogP contribution in [0.1, 0.15) is 20.8 Å². The summed E-state index contributed by atoms with van der Waals surface area (Å²) in [6, 6.07) is 0. The molecule has 0 spiro atoms. The highest BCUT2D eigenvalue weighted by molar-refractivity contribution is 5.66. The zero-order chi connectivity index (χ0) is 10.6. The first-order chi connectivity index (χ1) is 6.49. The number of carbonyl (C=O) groups is 1. The Morgan fingerprint density at radius 2 is 2.14 bits per heavy atom. The number of hydrogen-bond acceptors (Lipinski definition) is 4. The fraction of sp³-hybridized carbons (Fsp3) is 0.889. The van der Waals surface area contributed by atoms with Gasteiger partial charge in [0.05, 0.1) is 13.2 Å². The molecule has 5 nitrogen and oxygen atoms in total. The fourth-order valence-corrected chi connectivity index (χ4v) is 1.05. The van der Waals surface area contributed by atoms with Gasteiger partial charge in [-0.2, -0.15) is 5.06 Å². The number of ether oxygens (including phenoxy) is 1. The minimum Gasteiger partial charge on any atom is -0.442 e. The van der Waals surface area contributed by atoms with Crippen molar-refractivity contribution in [3.8, 4) is 0 Å². The number of nitrogens with zero attached hydrogens (tertiary/aromatic N) is 1. The van der Waals surface area contributed by atoms with E-state index >= 15 is 0 Å². The third-order valence-electron chi connectivity index (χ3n) is 1.61. The Hall–Kier alpha value is -0.810. The van der Waals surface area contributed by atoms with E-state index in [0.29, 0.717) is 13.2 Å². The molecule has 0 atom stereocenters. The normalized spacial score (nSPS) is 18.9. The summed E-state index contributed by atoms with van der Waals surface area (Å²) in [5, 5.41) is 4.39. The first kappa shape index (κ1) is 11.3. The van der Waals surface area contributed by atoms with E-state index in [9.17, 15) is 4.79 Å². The van der Waals surface area contributed by atoms with Gasteiger partial charge in [-0.15, -0.1) is 0 Å². The van der Waals surface area contributed by atoms with Crippen molar-refractivity contribution in [3.63, 3.8) is 0 Å². The van der Waals surface area contributed by atoms with Crippen LogP contribution in [0.5, 0.6) is 0 Å². The number of rotatable bonds is 0. The van der Waals surface area contributed by atoms with Crippen molar-refractivity contribution in [2.45, 2.75) is 26.4 Å².